The second kappa shape index (κ2) is 5.24. The van der Waals surface area contributed by atoms with Gasteiger partial charge in [-0.1, -0.05) is 11.6 Å². The Morgan fingerprint density at radius 1 is 1.61 bits per heavy atom. The third kappa shape index (κ3) is 2.81. The molecule has 96 valence electrons. The second-order valence-corrected chi connectivity index (χ2v) is 5.35. The number of aromatic nitrogens is 1. The Morgan fingerprint density at radius 2 is 2.33 bits per heavy atom. The lowest BCUT2D eigenvalue weighted by molar-refractivity contribution is -0.120. The highest BCUT2D eigenvalue weighted by Crippen LogP contribution is 2.20. The second-order valence-electron chi connectivity index (χ2n) is 4.14. The summed E-state index contributed by atoms with van der Waals surface area (Å²) in [7, 11) is 0. The van der Waals surface area contributed by atoms with Gasteiger partial charge in [-0.3, -0.25) is 9.59 Å². The van der Waals surface area contributed by atoms with Crippen LogP contribution in [0.2, 0.25) is 5.15 Å². The lowest BCUT2D eigenvalue weighted by atomic mass is 10.2. The smallest absolute Gasteiger partial charge is 0.270 e. The minimum absolute atomic E-state index is 0.0734. The van der Waals surface area contributed by atoms with Gasteiger partial charge in [0.1, 0.15) is 16.9 Å². The SMILES string of the molecule is CC1C[C@H](NC(=O)c2ccc(Br)c(Cl)n2)C(=O)N1. The molecule has 1 aromatic heterocycles. The zero-order chi connectivity index (χ0) is 13.3. The predicted octanol–water partition coefficient (Wildman–Crippen LogP) is 1.50. The maximum atomic E-state index is 11.9. The van der Waals surface area contributed by atoms with E-state index in [1.165, 1.54) is 0 Å². The Morgan fingerprint density at radius 3 is 2.89 bits per heavy atom. The van der Waals surface area contributed by atoms with Gasteiger partial charge >= 0.3 is 0 Å². The molecule has 5 nitrogen and oxygen atoms in total. The molecule has 0 radical (unpaired) electrons. The minimum atomic E-state index is -0.503. The van der Waals surface area contributed by atoms with Crippen molar-refractivity contribution in [2.75, 3.05) is 0 Å². The maximum absolute atomic E-state index is 11.9. The van der Waals surface area contributed by atoms with Crippen molar-refractivity contribution in [3.8, 4) is 0 Å². The zero-order valence-electron chi connectivity index (χ0n) is 9.54. The molecule has 18 heavy (non-hydrogen) atoms. The average Bonchev–Trinajstić information content (AvgIpc) is 2.61. The molecule has 2 rings (SSSR count). The van der Waals surface area contributed by atoms with Crippen molar-refractivity contribution >= 4 is 39.3 Å². The molecule has 0 bridgehead atoms. The summed E-state index contributed by atoms with van der Waals surface area (Å²) in [5.41, 5.74) is 0.190. The average molecular weight is 333 g/mol. The summed E-state index contributed by atoms with van der Waals surface area (Å²) in [6.45, 7) is 1.89. The lowest BCUT2D eigenvalue weighted by Gasteiger charge is -2.09. The van der Waals surface area contributed by atoms with Gasteiger partial charge in [0.2, 0.25) is 5.91 Å². The number of amides is 2. The first-order chi connectivity index (χ1) is 8.47. The van der Waals surface area contributed by atoms with Crippen LogP contribution in [0.15, 0.2) is 16.6 Å². The largest absolute Gasteiger partial charge is 0.352 e. The molecule has 1 aliphatic rings. The Balaban J connectivity index is 2.08. The van der Waals surface area contributed by atoms with Gasteiger partial charge in [-0.25, -0.2) is 4.98 Å². The van der Waals surface area contributed by atoms with Crippen molar-refractivity contribution in [3.63, 3.8) is 0 Å². The van der Waals surface area contributed by atoms with E-state index in [4.69, 9.17) is 11.6 Å². The number of hydrogen-bond acceptors (Lipinski definition) is 3. The third-order valence-corrected chi connectivity index (χ3v) is 3.79. The molecule has 7 heteroatoms. The highest BCUT2D eigenvalue weighted by molar-refractivity contribution is 9.10. The Hall–Kier alpha value is -1.14. The topological polar surface area (TPSA) is 71.1 Å². The highest BCUT2D eigenvalue weighted by Gasteiger charge is 2.30. The molecule has 1 aromatic rings. The summed E-state index contributed by atoms with van der Waals surface area (Å²) in [6, 6.07) is 2.75. The van der Waals surface area contributed by atoms with Crippen LogP contribution in [0.25, 0.3) is 0 Å². The lowest BCUT2D eigenvalue weighted by Crippen LogP contribution is -2.40. The van der Waals surface area contributed by atoms with Crippen LogP contribution in [0.1, 0.15) is 23.8 Å². The van der Waals surface area contributed by atoms with Crippen molar-refractivity contribution in [1.82, 2.24) is 15.6 Å². The molecule has 1 aliphatic heterocycles. The molecule has 0 aliphatic carbocycles. The minimum Gasteiger partial charge on any atom is -0.352 e. The summed E-state index contributed by atoms with van der Waals surface area (Å²) >= 11 is 9.00. The number of pyridine rings is 1. The molecule has 0 saturated carbocycles. The van der Waals surface area contributed by atoms with E-state index in [1.54, 1.807) is 12.1 Å². The van der Waals surface area contributed by atoms with Crippen molar-refractivity contribution in [2.45, 2.75) is 25.4 Å². The van der Waals surface area contributed by atoms with E-state index >= 15 is 0 Å². The fourth-order valence-corrected chi connectivity index (χ4v) is 2.14. The van der Waals surface area contributed by atoms with Crippen LogP contribution in [0.5, 0.6) is 0 Å². The molecule has 1 unspecified atom stereocenters. The van der Waals surface area contributed by atoms with Crippen LogP contribution >= 0.6 is 27.5 Å². The molecule has 0 spiro atoms. The first-order valence-electron chi connectivity index (χ1n) is 5.40. The monoisotopic (exact) mass is 331 g/mol. The molecule has 0 aromatic carbocycles. The van der Waals surface area contributed by atoms with Crippen LogP contribution in [-0.4, -0.2) is 28.9 Å². The van der Waals surface area contributed by atoms with Gasteiger partial charge in [0, 0.05) is 6.04 Å². The van der Waals surface area contributed by atoms with Crippen LogP contribution < -0.4 is 10.6 Å². The standard InChI is InChI=1S/C11H11BrClN3O2/c1-5-4-8(11(18)14-5)16-10(17)7-3-2-6(12)9(13)15-7/h2-3,5,8H,4H2,1H3,(H,14,18)(H,16,17)/t5?,8-/m0/s1. The van der Waals surface area contributed by atoms with Crippen LogP contribution in [-0.2, 0) is 4.79 Å². The molecular formula is C11H11BrClN3O2. The van der Waals surface area contributed by atoms with Crippen molar-refractivity contribution < 1.29 is 9.59 Å². The highest BCUT2D eigenvalue weighted by atomic mass is 79.9. The Kier molecular flexibility index (Phi) is 3.87. The molecule has 2 heterocycles. The van der Waals surface area contributed by atoms with E-state index in [2.05, 4.69) is 31.5 Å². The van der Waals surface area contributed by atoms with Gasteiger partial charge in [-0.2, -0.15) is 0 Å². The normalized spacial score (nSPS) is 22.7. The summed E-state index contributed by atoms with van der Waals surface area (Å²) in [4.78, 5) is 27.3. The van der Waals surface area contributed by atoms with Crippen LogP contribution in [0.4, 0.5) is 0 Å². The molecule has 2 N–H and O–H groups in total. The number of rotatable bonds is 2. The Bertz CT molecular complexity index is 509. The fourth-order valence-electron chi connectivity index (χ4n) is 1.76. The van der Waals surface area contributed by atoms with Gasteiger partial charge in [-0.15, -0.1) is 0 Å². The number of carbonyl (C=O) groups excluding carboxylic acids is 2. The number of nitrogens with one attached hydrogen (secondary N) is 2. The van der Waals surface area contributed by atoms with Crippen LogP contribution in [0, 0.1) is 0 Å². The number of hydrogen-bond donors (Lipinski definition) is 2. The first kappa shape index (κ1) is 13.3. The van der Waals surface area contributed by atoms with E-state index in [-0.39, 0.29) is 22.8 Å². The third-order valence-electron chi connectivity index (χ3n) is 2.64. The van der Waals surface area contributed by atoms with E-state index in [9.17, 15) is 9.59 Å². The molecule has 1 saturated heterocycles. The van der Waals surface area contributed by atoms with Gasteiger partial charge in [-0.05, 0) is 41.4 Å². The van der Waals surface area contributed by atoms with E-state index in [0.29, 0.717) is 10.9 Å². The van der Waals surface area contributed by atoms with Gasteiger partial charge in [0.25, 0.3) is 5.91 Å². The number of nitrogens with zero attached hydrogens (tertiary/aromatic N) is 1. The van der Waals surface area contributed by atoms with E-state index < -0.39 is 11.9 Å². The van der Waals surface area contributed by atoms with Gasteiger partial charge < -0.3 is 10.6 Å². The maximum Gasteiger partial charge on any atom is 0.270 e. The molecule has 1 fully saturated rings. The zero-order valence-corrected chi connectivity index (χ0v) is 11.9. The van der Waals surface area contributed by atoms with Crippen molar-refractivity contribution in [2.24, 2.45) is 0 Å². The van der Waals surface area contributed by atoms with Crippen molar-refractivity contribution in [3.05, 3.63) is 27.5 Å². The predicted molar refractivity (Wildman–Crippen MR) is 70.4 cm³/mol. The summed E-state index contributed by atoms with van der Waals surface area (Å²) in [5.74, 6) is -0.572. The summed E-state index contributed by atoms with van der Waals surface area (Å²) < 4.78 is 0.618. The van der Waals surface area contributed by atoms with Gasteiger partial charge in [0.15, 0.2) is 0 Å². The molecule has 2 atom stereocenters. The van der Waals surface area contributed by atoms with E-state index in [0.717, 1.165) is 0 Å². The van der Waals surface area contributed by atoms with E-state index in [1.807, 2.05) is 6.92 Å². The van der Waals surface area contributed by atoms with Gasteiger partial charge in [0.05, 0.1) is 4.47 Å². The molecular weight excluding hydrogens is 321 g/mol. The summed E-state index contributed by atoms with van der Waals surface area (Å²) in [5, 5.41) is 5.59. The van der Waals surface area contributed by atoms with Crippen LogP contribution in [0.3, 0.4) is 0 Å². The summed E-state index contributed by atoms with van der Waals surface area (Å²) in [6.07, 6.45) is 0.578. The number of halogens is 2. The first-order valence-corrected chi connectivity index (χ1v) is 6.57. The Labute approximate surface area is 117 Å². The molecule has 2 amide bonds. The quantitative estimate of drug-likeness (QED) is 0.806. The van der Waals surface area contributed by atoms with Crippen molar-refractivity contribution in [1.29, 1.82) is 0 Å². The fraction of sp³-hybridized carbons (Fsp3) is 0.364. The number of carbonyl (C=O) groups is 2.